The number of amides is 1. The van der Waals surface area contributed by atoms with Crippen molar-refractivity contribution in [3.63, 3.8) is 0 Å². The van der Waals surface area contributed by atoms with Crippen molar-refractivity contribution in [1.29, 1.82) is 0 Å². The molecule has 1 rings (SSSR count). The highest BCUT2D eigenvalue weighted by Gasteiger charge is 2.22. The van der Waals surface area contributed by atoms with E-state index >= 15 is 0 Å². The first-order valence-electron chi connectivity index (χ1n) is 5.09. The van der Waals surface area contributed by atoms with Crippen LogP contribution in [0.1, 0.15) is 13.8 Å². The minimum Gasteiger partial charge on any atom is -0.459 e. The lowest BCUT2D eigenvalue weighted by atomic mass is 10.3. The van der Waals surface area contributed by atoms with Crippen LogP contribution in [0.4, 0.5) is 5.69 Å². The summed E-state index contributed by atoms with van der Waals surface area (Å²) in [5, 5.41) is 0. The van der Waals surface area contributed by atoms with E-state index in [1.54, 1.807) is 38.4 Å². The molecule has 0 bridgehead atoms. The number of hydrogen-bond acceptors (Lipinski definition) is 4. The van der Waals surface area contributed by atoms with E-state index in [4.69, 9.17) is 0 Å². The molecule has 0 aromatic carbocycles. The average Bonchev–Trinajstić information content (AvgIpc) is 2.31. The van der Waals surface area contributed by atoms with E-state index in [0.29, 0.717) is 12.2 Å². The standard InChI is InChI=1S/C11H14N2O3/c1-3-13(9-5-7-12-8-6-9)10(14)11(15)16-4-2/h5-8H,3-4H2,1-2H3. The normalized spacial score (nSPS) is 9.62. The second kappa shape index (κ2) is 5.85. The number of ether oxygens (including phenoxy) is 1. The third-order valence-corrected chi connectivity index (χ3v) is 1.99. The zero-order chi connectivity index (χ0) is 12.0. The number of aromatic nitrogens is 1. The van der Waals surface area contributed by atoms with E-state index in [0.717, 1.165) is 0 Å². The summed E-state index contributed by atoms with van der Waals surface area (Å²) in [5.74, 6) is -1.49. The number of rotatable bonds is 3. The van der Waals surface area contributed by atoms with E-state index in [-0.39, 0.29) is 6.61 Å². The van der Waals surface area contributed by atoms with Gasteiger partial charge in [0.2, 0.25) is 0 Å². The highest BCUT2D eigenvalue weighted by atomic mass is 16.5. The van der Waals surface area contributed by atoms with Crippen molar-refractivity contribution in [2.75, 3.05) is 18.1 Å². The molecule has 0 radical (unpaired) electrons. The second-order valence-electron chi connectivity index (χ2n) is 2.98. The molecule has 16 heavy (non-hydrogen) atoms. The maximum absolute atomic E-state index is 11.7. The van der Waals surface area contributed by atoms with Gasteiger partial charge in [0.05, 0.1) is 6.61 Å². The lowest BCUT2D eigenvalue weighted by Gasteiger charge is -2.19. The molecule has 5 heteroatoms. The zero-order valence-corrected chi connectivity index (χ0v) is 9.34. The fourth-order valence-corrected chi connectivity index (χ4v) is 1.27. The predicted octanol–water partition coefficient (Wildman–Crippen LogP) is 0.998. The van der Waals surface area contributed by atoms with E-state index < -0.39 is 11.9 Å². The third kappa shape index (κ3) is 2.79. The van der Waals surface area contributed by atoms with Gasteiger partial charge in [-0.15, -0.1) is 0 Å². The Morgan fingerprint density at radius 3 is 2.44 bits per heavy atom. The fraction of sp³-hybridized carbons (Fsp3) is 0.364. The number of likely N-dealkylation sites (N-methyl/N-ethyl adjacent to an activating group) is 1. The monoisotopic (exact) mass is 222 g/mol. The van der Waals surface area contributed by atoms with Gasteiger partial charge in [-0.3, -0.25) is 9.78 Å². The number of carbonyl (C=O) groups excluding carboxylic acids is 2. The Bertz CT molecular complexity index is 365. The van der Waals surface area contributed by atoms with Crippen molar-refractivity contribution in [2.45, 2.75) is 13.8 Å². The largest absolute Gasteiger partial charge is 0.459 e. The Balaban J connectivity index is 2.83. The maximum atomic E-state index is 11.7. The smallest absolute Gasteiger partial charge is 0.397 e. The molecule has 1 heterocycles. The molecule has 1 amide bonds. The molecule has 0 saturated heterocycles. The van der Waals surface area contributed by atoms with E-state index in [1.807, 2.05) is 0 Å². The molecular formula is C11H14N2O3. The Morgan fingerprint density at radius 1 is 1.31 bits per heavy atom. The molecule has 0 aliphatic rings. The molecule has 0 N–H and O–H groups in total. The van der Waals surface area contributed by atoms with Gasteiger partial charge in [0.15, 0.2) is 0 Å². The lowest BCUT2D eigenvalue weighted by Crippen LogP contribution is -2.37. The van der Waals surface area contributed by atoms with E-state index in [9.17, 15) is 9.59 Å². The van der Waals surface area contributed by atoms with Crippen molar-refractivity contribution in [1.82, 2.24) is 4.98 Å². The predicted molar refractivity (Wildman–Crippen MR) is 58.9 cm³/mol. The SMILES string of the molecule is CCOC(=O)C(=O)N(CC)c1ccncc1. The molecule has 0 fully saturated rings. The van der Waals surface area contributed by atoms with Crippen LogP contribution in [-0.2, 0) is 14.3 Å². The highest BCUT2D eigenvalue weighted by molar-refractivity contribution is 6.38. The van der Waals surface area contributed by atoms with Crippen molar-refractivity contribution < 1.29 is 14.3 Å². The van der Waals surface area contributed by atoms with Gasteiger partial charge in [-0.2, -0.15) is 0 Å². The summed E-state index contributed by atoms with van der Waals surface area (Å²) in [6, 6.07) is 3.33. The molecule has 86 valence electrons. The number of anilines is 1. The first kappa shape index (κ1) is 12.2. The van der Waals surface area contributed by atoms with Crippen molar-refractivity contribution in [3.05, 3.63) is 24.5 Å². The molecule has 0 unspecified atom stereocenters. The van der Waals surface area contributed by atoms with Crippen LogP contribution in [0.5, 0.6) is 0 Å². The molecule has 0 saturated carbocycles. The highest BCUT2D eigenvalue weighted by Crippen LogP contribution is 2.12. The Kier molecular flexibility index (Phi) is 4.44. The van der Waals surface area contributed by atoms with Gasteiger partial charge >= 0.3 is 11.9 Å². The molecule has 0 atom stereocenters. The second-order valence-corrected chi connectivity index (χ2v) is 2.98. The third-order valence-electron chi connectivity index (χ3n) is 1.99. The van der Waals surface area contributed by atoms with Crippen molar-refractivity contribution in [2.24, 2.45) is 0 Å². The molecule has 0 spiro atoms. The molecule has 1 aromatic rings. The number of esters is 1. The number of carbonyl (C=O) groups is 2. The Morgan fingerprint density at radius 2 is 1.94 bits per heavy atom. The summed E-state index contributed by atoms with van der Waals surface area (Å²) in [7, 11) is 0. The van der Waals surface area contributed by atoms with Crippen LogP contribution in [0.25, 0.3) is 0 Å². The quantitative estimate of drug-likeness (QED) is 0.565. The summed E-state index contributed by atoms with van der Waals surface area (Å²) >= 11 is 0. The number of nitrogens with zero attached hydrogens (tertiary/aromatic N) is 2. The zero-order valence-electron chi connectivity index (χ0n) is 9.34. The van der Waals surface area contributed by atoms with Gasteiger partial charge in [-0.1, -0.05) is 0 Å². The van der Waals surface area contributed by atoms with Crippen molar-refractivity contribution in [3.8, 4) is 0 Å². The minimum atomic E-state index is -0.832. The topological polar surface area (TPSA) is 59.5 Å². The summed E-state index contributed by atoms with van der Waals surface area (Å²) in [6.45, 7) is 4.05. The molecule has 0 aliphatic carbocycles. The fourth-order valence-electron chi connectivity index (χ4n) is 1.27. The van der Waals surface area contributed by atoms with Crippen LogP contribution in [0.2, 0.25) is 0 Å². The Hall–Kier alpha value is -1.91. The summed E-state index contributed by atoms with van der Waals surface area (Å²) in [5.41, 5.74) is 0.635. The molecule has 0 aliphatic heterocycles. The van der Waals surface area contributed by atoms with E-state index in [2.05, 4.69) is 9.72 Å². The summed E-state index contributed by atoms with van der Waals surface area (Å²) in [4.78, 5) is 28.2. The van der Waals surface area contributed by atoms with Crippen LogP contribution in [0, 0.1) is 0 Å². The van der Waals surface area contributed by atoms with Gasteiger partial charge in [-0.05, 0) is 26.0 Å². The van der Waals surface area contributed by atoms with Crippen molar-refractivity contribution >= 4 is 17.6 Å². The van der Waals surface area contributed by atoms with Gasteiger partial charge in [0.25, 0.3) is 0 Å². The minimum absolute atomic E-state index is 0.193. The lowest BCUT2D eigenvalue weighted by molar-refractivity contribution is -0.153. The molecule has 1 aromatic heterocycles. The molecule has 5 nitrogen and oxygen atoms in total. The van der Waals surface area contributed by atoms with Gasteiger partial charge in [-0.25, -0.2) is 4.79 Å². The average molecular weight is 222 g/mol. The molecular weight excluding hydrogens is 208 g/mol. The summed E-state index contributed by atoms with van der Waals surface area (Å²) in [6.07, 6.45) is 3.13. The summed E-state index contributed by atoms with van der Waals surface area (Å²) < 4.78 is 4.66. The van der Waals surface area contributed by atoms with Crippen LogP contribution in [0.15, 0.2) is 24.5 Å². The van der Waals surface area contributed by atoms with Crippen LogP contribution in [0.3, 0.4) is 0 Å². The van der Waals surface area contributed by atoms with E-state index in [1.165, 1.54) is 4.90 Å². The van der Waals surface area contributed by atoms with Crippen LogP contribution < -0.4 is 4.90 Å². The van der Waals surface area contributed by atoms with Gasteiger partial charge in [0, 0.05) is 24.6 Å². The Labute approximate surface area is 94.0 Å². The number of hydrogen-bond donors (Lipinski definition) is 0. The van der Waals surface area contributed by atoms with Crippen LogP contribution in [-0.4, -0.2) is 30.0 Å². The maximum Gasteiger partial charge on any atom is 0.397 e. The first-order valence-corrected chi connectivity index (χ1v) is 5.09. The van der Waals surface area contributed by atoms with Crippen LogP contribution >= 0.6 is 0 Å². The van der Waals surface area contributed by atoms with Gasteiger partial charge < -0.3 is 9.64 Å². The number of pyridine rings is 1. The van der Waals surface area contributed by atoms with Gasteiger partial charge in [0.1, 0.15) is 0 Å². The first-order chi connectivity index (χ1) is 7.70.